The van der Waals surface area contributed by atoms with Crippen molar-refractivity contribution in [2.75, 3.05) is 6.61 Å². The van der Waals surface area contributed by atoms with Gasteiger partial charge in [0.15, 0.2) is 0 Å². The topological polar surface area (TPSA) is 20.2 Å². The molecule has 0 radical (unpaired) electrons. The molecule has 1 heteroatoms. The minimum atomic E-state index is 0.369. The zero-order chi connectivity index (χ0) is 14.2. The van der Waals surface area contributed by atoms with Gasteiger partial charge < -0.3 is 5.11 Å². The molecule has 0 aliphatic rings. The Bertz CT molecular complexity index is 156. The fraction of sp³-hybridized carbons (Fsp3) is 1.00. The van der Waals surface area contributed by atoms with E-state index in [1.807, 2.05) is 0 Å². The normalized spacial score (nSPS) is 12.8. The second-order valence-corrected chi connectivity index (χ2v) is 6.30. The van der Waals surface area contributed by atoms with Gasteiger partial charge in [-0.05, 0) is 12.3 Å². The second-order valence-electron chi connectivity index (χ2n) is 6.30. The number of unbranched alkanes of at least 4 members (excludes halogenated alkanes) is 10. The van der Waals surface area contributed by atoms with Crippen molar-refractivity contribution < 1.29 is 5.11 Å². The van der Waals surface area contributed by atoms with Crippen LogP contribution < -0.4 is 0 Å². The molecule has 0 amide bonds. The van der Waals surface area contributed by atoms with Crippen LogP contribution in [0.4, 0.5) is 0 Å². The SMILES string of the molecule is CCCCCCCCCCC(C)CCCCCCO. The lowest BCUT2D eigenvalue weighted by atomic mass is 9.96. The summed E-state index contributed by atoms with van der Waals surface area (Å²) in [5, 5.41) is 8.71. The molecule has 0 saturated heterocycles. The van der Waals surface area contributed by atoms with Gasteiger partial charge in [0.25, 0.3) is 0 Å². The van der Waals surface area contributed by atoms with Crippen molar-refractivity contribution in [2.24, 2.45) is 5.92 Å². The van der Waals surface area contributed by atoms with Crippen LogP contribution in [0.25, 0.3) is 0 Å². The van der Waals surface area contributed by atoms with Gasteiger partial charge in [-0.25, -0.2) is 0 Å². The fourth-order valence-corrected chi connectivity index (χ4v) is 2.73. The molecule has 0 saturated carbocycles. The van der Waals surface area contributed by atoms with E-state index in [-0.39, 0.29) is 0 Å². The molecule has 1 N–H and O–H groups in total. The summed E-state index contributed by atoms with van der Waals surface area (Å²) in [5.74, 6) is 0.911. The molecule has 1 nitrogen and oxygen atoms in total. The van der Waals surface area contributed by atoms with Gasteiger partial charge in [-0.1, -0.05) is 97.3 Å². The first kappa shape index (κ1) is 19.0. The largest absolute Gasteiger partial charge is 0.396 e. The van der Waals surface area contributed by atoms with Gasteiger partial charge in [0.1, 0.15) is 0 Å². The van der Waals surface area contributed by atoms with Crippen molar-refractivity contribution in [1.82, 2.24) is 0 Å². The van der Waals surface area contributed by atoms with E-state index >= 15 is 0 Å². The molecule has 0 fully saturated rings. The lowest BCUT2D eigenvalue weighted by Gasteiger charge is -2.10. The summed E-state index contributed by atoms with van der Waals surface area (Å²) in [6.07, 6.45) is 19.2. The number of rotatable bonds is 15. The third-order valence-corrected chi connectivity index (χ3v) is 4.16. The van der Waals surface area contributed by atoms with E-state index in [2.05, 4.69) is 13.8 Å². The number of hydrogen-bond donors (Lipinski definition) is 1. The van der Waals surface area contributed by atoms with Gasteiger partial charge in [0, 0.05) is 6.61 Å². The maximum Gasteiger partial charge on any atom is 0.0431 e. The smallest absolute Gasteiger partial charge is 0.0431 e. The van der Waals surface area contributed by atoms with E-state index in [1.54, 1.807) is 0 Å². The highest BCUT2D eigenvalue weighted by Gasteiger charge is 2.01. The third-order valence-electron chi connectivity index (χ3n) is 4.16. The summed E-state index contributed by atoms with van der Waals surface area (Å²) in [5.41, 5.74) is 0. The molecule has 0 aromatic carbocycles. The summed E-state index contributed by atoms with van der Waals surface area (Å²) >= 11 is 0. The molecular weight excluding hydrogens is 232 g/mol. The Labute approximate surface area is 122 Å². The van der Waals surface area contributed by atoms with Crippen LogP contribution in [0.2, 0.25) is 0 Å². The van der Waals surface area contributed by atoms with Crippen LogP contribution in [0.3, 0.4) is 0 Å². The van der Waals surface area contributed by atoms with Crippen molar-refractivity contribution in [1.29, 1.82) is 0 Å². The van der Waals surface area contributed by atoms with Gasteiger partial charge in [0.2, 0.25) is 0 Å². The third kappa shape index (κ3) is 15.9. The van der Waals surface area contributed by atoms with Gasteiger partial charge in [-0.2, -0.15) is 0 Å². The van der Waals surface area contributed by atoms with Gasteiger partial charge >= 0.3 is 0 Å². The highest BCUT2D eigenvalue weighted by molar-refractivity contribution is 4.55. The van der Waals surface area contributed by atoms with Crippen LogP contribution in [0, 0.1) is 5.92 Å². The van der Waals surface area contributed by atoms with Crippen molar-refractivity contribution in [2.45, 2.75) is 104 Å². The first-order chi connectivity index (χ1) is 9.31. The zero-order valence-corrected chi connectivity index (χ0v) is 13.6. The fourth-order valence-electron chi connectivity index (χ4n) is 2.73. The standard InChI is InChI=1S/C18H38O/c1-3-4-5-6-7-8-9-12-15-18(2)16-13-10-11-14-17-19/h18-19H,3-17H2,1-2H3. The monoisotopic (exact) mass is 270 g/mol. The highest BCUT2D eigenvalue weighted by atomic mass is 16.2. The average Bonchev–Trinajstić information content (AvgIpc) is 2.41. The first-order valence-corrected chi connectivity index (χ1v) is 8.92. The number of aliphatic hydroxyl groups is 1. The highest BCUT2D eigenvalue weighted by Crippen LogP contribution is 2.18. The zero-order valence-electron chi connectivity index (χ0n) is 13.6. The first-order valence-electron chi connectivity index (χ1n) is 8.92. The van der Waals surface area contributed by atoms with E-state index in [4.69, 9.17) is 5.11 Å². The lowest BCUT2D eigenvalue weighted by molar-refractivity contribution is 0.281. The average molecular weight is 271 g/mol. The van der Waals surface area contributed by atoms with E-state index in [0.717, 1.165) is 12.3 Å². The summed E-state index contributed by atoms with van der Waals surface area (Å²) in [6, 6.07) is 0. The molecule has 0 heterocycles. The predicted octanol–water partition coefficient (Wildman–Crippen LogP) is 6.10. The van der Waals surface area contributed by atoms with Crippen molar-refractivity contribution in [3.63, 3.8) is 0 Å². The van der Waals surface area contributed by atoms with E-state index < -0.39 is 0 Å². The minimum Gasteiger partial charge on any atom is -0.396 e. The summed E-state index contributed by atoms with van der Waals surface area (Å²) in [4.78, 5) is 0. The van der Waals surface area contributed by atoms with Gasteiger partial charge in [-0.15, -0.1) is 0 Å². The van der Waals surface area contributed by atoms with Crippen molar-refractivity contribution in [3.05, 3.63) is 0 Å². The Morgan fingerprint density at radius 1 is 0.632 bits per heavy atom. The molecule has 0 bridgehead atoms. The Hall–Kier alpha value is -0.0400. The van der Waals surface area contributed by atoms with E-state index in [1.165, 1.54) is 83.5 Å². The van der Waals surface area contributed by atoms with Crippen LogP contribution in [-0.2, 0) is 0 Å². The molecule has 0 rings (SSSR count). The molecule has 0 aliphatic heterocycles. The summed E-state index contributed by atoms with van der Waals surface area (Å²) < 4.78 is 0. The van der Waals surface area contributed by atoms with Crippen LogP contribution in [-0.4, -0.2) is 11.7 Å². The molecular formula is C18H38O. The van der Waals surface area contributed by atoms with Gasteiger partial charge in [0.05, 0.1) is 0 Å². The van der Waals surface area contributed by atoms with Crippen molar-refractivity contribution in [3.8, 4) is 0 Å². The molecule has 0 aliphatic carbocycles. The molecule has 1 atom stereocenters. The molecule has 1 unspecified atom stereocenters. The molecule has 0 aromatic heterocycles. The van der Waals surface area contributed by atoms with E-state index in [0.29, 0.717) is 6.61 Å². The van der Waals surface area contributed by atoms with Crippen LogP contribution in [0.5, 0.6) is 0 Å². The number of aliphatic hydroxyl groups excluding tert-OH is 1. The Morgan fingerprint density at radius 2 is 1.05 bits per heavy atom. The number of hydrogen-bond acceptors (Lipinski definition) is 1. The van der Waals surface area contributed by atoms with Crippen LogP contribution in [0.1, 0.15) is 104 Å². The van der Waals surface area contributed by atoms with E-state index in [9.17, 15) is 0 Å². The maximum atomic E-state index is 8.71. The summed E-state index contributed by atoms with van der Waals surface area (Å²) in [6.45, 7) is 5.06. The molecule has 19 heavy (non-hydrogen) atoms. The predicted molar refractivity (Wildman–Crippen MR) is 86.6 cm³/mol. The van der Waals surface area contributed by atoms with Gasteiger partial charge in [-0.3, -0.25) is 0 Å². The van der Waals surface area contributed by atoms with Crippen LogP contribution >= 0.6 is 0 Å². The Kier molecular flexibility index (Phi) is 16.0. The Morgan fingerprint density at radius 3 is 1.53 bits per heavy atom. The minimum absolute atomic E-state index is 0.369. The molecule has 0 aromatic rings. The summed E-state index contributed by atoms with van der Waals surface area (Å²) in [7, 11) is 0. The van der Waals surface area contributed by atoms with Crippen LogP contribution in [0.15, 0.2) is 0 Å². The quantitative estimate of drug-likeness (QED) is 0.357. The lowest BCUT2D eigenvalue weighted by Crippen LogP contribution is -1.95. The molecule has 0 spiro atoms. The molecule has 116 valence electrons. The van der Waals surface area contributed by atoms with Crippen molar-refractivity contribution >= 4 is 0 Å². The second kappa shape index (κ2) is 16.0. The maximum absolute atomic E-state index is 8.71. The Balaban J connectivity index is 3.09.